The van der Waals surface area contributed by atoms with Gasteiger partial charge in [-0.1, -0.05) is 350 Å². The van der Waals surface area contributed by atoms with Crippen molar-refractivity contribution in [1.29, 1.82) is 0 Å². The van der Waals surface area contributed by atoms with Crippen molar-refractivity contribution in [3.05, 3.63) is 72.9 Å². The molecule has 0 heterocycles. The molecular weight excluding hydrogens is 1130 g/mol. The third-order valence-electron chi connectivity index (χ3n) is 17.4. The SMILES string of the molecule is CC/C=C\C/C=C\C/C=C\C/C=C\CCCCCCCCCCCCCCCCCCCCCCCCCCCCCCC(=O)OC(COC(=O)CCCCCCCCCCCCCCC/C=C\C/C=C\CCCCCCC)COC(OCC[N+](C)(C)C)C(=O)[O-]. The third kappa shape index (κ3) is 74.0. The smallest absolute Gasteiger partial charge is 0.306 e. The summed E-state index contributed by atoms with van der Waals surface area (Å²) in [4.78, 5) is 37.6. The minimum atomic E-state index is -1.62. The molecule has 0 fully saturated rings. The van der Waals surface area contributed by atoms with Crippen molar-refractivity contribution >= 4 is 17.9 Å². The molecule has 2 atom stereocenters. The number of likely N-dealkylation sites (N-methyl/N-ethyl adjacent to an activating group) is 1. The summed E-state index contributed by atoms with van der Waals surface area (Å²) in [6.45, 7) is 4.68. The molecule has 91 heavy (non-hydrogen) atoms. The van der Waals surface area contributed by atoms with Gasteiger partial charge in [0.2, 0.25) is 0 Å². The standard InChI is InChI=1S/C82H149NO8/c1-6-8-10-12-14-16-18-20-22-24-26-28-30-32-33-34-35-36-37-38-39-40-41-42-43-44-45-46-47-49-51-53-55-57-59-61-63-65-67-69-71-73-80(85)91-78(77-90-82(81(86)87)88-75-74-83(3,4)5)76-89-79(84)72-70-68-66-64-62-60-58-56-54-52-50-48-31-29-27-25-23-21-19-17-15-13-11-9-7-2/h8,10,14,16,19-22,25-28,78,82H,6-7,9,11-13,15,17-18,23-24,29-77H2,1-5H3/b10-8-,16-14-,21-19-,22-20-,27-25-,28-26-. The summed E-state index contributed by atoms with van der Waals surface area (Å²) in [6, 6.07) is 0. The molecule has 530 valence electrons. The second-order valence-corrected chi connectivity index (χ2v) is 27.6. The number of aliphatic carboxylic acids is 1. The van der Waals surface area contributed by atoms with Crippen LogP contribution in [0.2, 0.25) is 0 Å². The monoisotopic (exact) mass is 1280 g/mol. The number of rotatable bonds is 73. The molecular formula is C82H149NO8. The number of carbonyl (C=O) groups is 3. The average Bonchev–Trinajstić information content (AvgIpc) is 3.53. The van der Waals surface area contributed by atoms with E-state index in [9.17, 15) is 19.5 Å². The van der Waals surface area contributed by atoms with E-state index in [2.05, 4.69) is 86.8 Å². The summed E-state index contributed by atoms with van der Waals surface area (Å²) in [5.74, 6) is -2.26. The van der Waals surface area contributed by atoms with Gasteiger partial charge in [-0.05, 0) is 83.5 Å². The molecule has 0 aromatic heterocycles. The lowest BCUT2D eigenvalue weighted by Gasteiger charge is -2.26. The molecule has 0 saturated carbocycles. The molecule has 0 aliphatic heterocycles. The highest BCUT2D eigenvalue weighted by Crippen LogP contribution is 2.19. The van der Waals surface area contributed by atoms with Crippen LogP contribution in [-0.2, 0) is 33.3 Å². The number of quaternary nitrogens is 1. The Morgan fingerprint density at radius 1 is 0.341 bits per heavy atom. The number of carboxylic acid groups (broad SMARTS) is 1. The predicted octanol–water partition coefficient (Wildman–Crippen LogP) is 23.5. The molecule has 9 nitrogen and oxygen atoms in total. The number of allylic oxidation sites excluding steroid dienone is 12. The normalized spacial score (nSPS) is 13.0. The van der Waals surface area contributed by atoms with E-state index in [1.807, 2.05) is 21.1 Å². The Morgan fingerprint density at radius 2 is 0.626 bits per heavy atom. The molecule has 0 aromatic carbocycles. The molecule has 0 saturated heterocycles. The van der Waals surface area contributed by atoms with Crippen molar-refractivity contribution < 1.29 is 42.9 Å². The zero-order valence-corrected chi connectivity index (χ0v) is 60.7. The van der Waals surface area contributed by atoms with Gasteiger partial charge in [0.1, 0.15) is 13.2 Å². The highest BCUT2D eigenvalue weighted by molar-refractivity contribution is 5.70. The molecule has 0 rings (SSSR count). The summed E-state index contributed by atoms with van der Waals surface area (Å²) in [7, 11) is 5.95. The average molecular weight is 1280 g/mol. The summed E-state index contributed by atoms with van der Waals surface area (Å²) >= 11 is 0. The highest BCUT2D eigenvalue weighted by atomic mass is 16.7. The van der Waals surface area contributed by atoms with Gasteiger partial charge in [0.15, 0.2) is 12.4 Å². The quantitative estimate of drug-likeness (QED) is 0.0195. The van der Waals surface area contributed by atoms with E-state index >= 15 is 0 Å². The van der Waals surface area contributed by atoms with Crippen molar-refractivity contribution in [2.45, 2.75) is 386 Å². The van der Waals surface area contributed by atoms with Crippen molar-refractivity contribution in [3.8, 4) is 0 Å². The Balaban J connectivity index is 3.95. The van der Waals surface area contributed by atoms with Gasteiger partial charge >= 0.3 is 11.9 Å². The number of carbonyl (C=O) groups excluding carboxylic acids is 3. The fraction of sp³-hybridized carbons (Fsp3) is 0.817. The van der Waals surface area contributed by atoms with Crippen LogP contribution in [0.5, 0.6) is 0 Å². The van der Waals surface area contributed by atoms with Crippen molar-refractivity contribution in [2.24, 2.45) is 0 Å². The van der Waals surface area contributed by atoms with Crippen LogP contribution in [0, 0.1) is 0 Å². The second-order valence-electron chi connectivity index (χ2n) is 27.6. The largest absolute Gasteiger partial charge is 0.545 e. The van der Waals surface area contributed by atoms with Crippen LogP contribution < -0.4 is 5.11 Å². The maximum absolute atomic E-state index is 13.0. The van der Waals surface area contributed by atoms with Gasteiger partial charge in [0.25, 0.3) is 0 Å². The maximum Gasteiger partial charge on any atom is 0.306 e. The molecule has 0 N–H and O–H groups in total. The van der Waals surface area contributed by atoms with Crippen LogP contribution in [0.1, 0.15) is 373 Å². The van der Waals surface area contributed by atoms with Crippen LogP contribution in [0.25, 0.3) is 0 Å². The van der Waals surface area contributed by atoms with E-state index in [4.69, 9.17) is 18.9 Å². The lowest BCUT2D eigenvalue weighted by molar-refractivity contribution is -0.870. The Kier molecular flexibility index (Phi) is 69.9. The van der Waals surface area contributed by atoms with E-state index in [1.165, 1.54) is 276 Å². The summed E-state index contributed by atoms with van der Waals surface area (Å²) < 4.78 is 22.9. The van der Waals surface area contributed by atoms with E-state index in [-0.39, 0.29) is 32.2 Å². The fourth-order valence-corrected chi connectivity index (χ4v) is 11.5. The Bertz CT molecular complexity index is 1730. The van der Waals surface area contributed by atoms with E-state index in [0.29, 0.717) is 17.4 Å². The van der Waals surface area contributed by atoms with Crippen LogP contribution in [0.15, 0.2) is 72.9 Å². The summed E-state index contributed by atoms with van der Waals surface area (Å²) in [5.41, 5.74) is 0. The molecule has 0 radical (unpaired) electrons. The van der Waals surface area contributed by atoms with Crippen molar-refractivity contribution in [3.63, 3.8) is 0 Å². The van der Waals surface area contributed by atoms with Crippen molar-refractivity contribution in [1.82, 2.24) is 0 Å². The number of unbranched alkanes of at least 4 members (excludes halogenated alkanes) is 46. The van der Waals surface area contributed by atoms with Gasteiger partial charge in [-0.3, -0.25) is 9.59 Å². The summed E-state index contributed by atoms with van der Waals surface area (Å²) in [6.07, 6.45) is 94.5. The highest BCUT2D eigenvalue weighted by Gasteiger charge is 2.22. The fourth-order valence-electron chi connectivity index (χ4n) is 11.5. The molecule has 0 aliphatic rings. The van der Waals surface area contributed by atoms with Gasteiger partial charge in [-0.2, -0.15) is 0 Å². The number of esters is 2. The Labute approximate surface area is 564 Å². The zero-order chi connectivity index (χ0) is 66.1. The number of hydrogen-bond acceptors (Lipinski definition) is 8. The van der Waals surface area contributed by atoms with Gasteiger partial charge in [0, 0.05) is 12.8 Å². The summed E-state index contributed by atoms with van der Waals surface area (Å²) in [5, 5.41) is 11.8. The lowest BCUT2D eigenvalue weighted by atomic mass is 10.0. The van der Waals surface area contributed by atoms with E-state index in [1.54, 1.807) is 0 Å². The van der Waals surface area contributed by atoms with Gasteiger partial charge in [0.05, 0.1) is 40.3 Å². The maximum atomic E-state index is 13.0. The minimum Gasteiger partial charge on any atom is -0.545 e. The first-order valence-electron chi connectivity index (χ1n) is 39.1. The molecule has 0 aliphatic carbocycles. The topological polar surface area (TPSA) is 111 Å². The van der Waals surface area contributed by atoms with E-state index in [0.717, 1.165) is 70.6 Å². The van der Waals surface area contributed by atoms with Crippen molar-refractivity contribution in [2.75, 3.05) is 47.5 Å². The molecule has 9 heteroatoms. The molecule has 0 spiro atoms. The van der Waals surface area contributed by atoms with Crippen LogP contribution >= 0.6 is 0 Å². The van der Waals surface area contributed by atoms with Gasteiger partial charge in [-0.25, -0.2) is 0 Å². The Hall–Kier alpha value is -3.27. The second kappa shape index (κ2) is 72.6. The Morgan fingerprint density at radius 3 is 0.934 bits per heavy atom. The van der Waals surface area contributed by atoms with Crippen LogP contribution in [0.3, 0.4) is 0 Å². The van der Waals surface area contributed by atoms with Crippen LogP contribution in [0.4, 0.5) is 0 Å². The molecule has 0 bridgehead atoms. The number of carboxylic acids is 1. The number of nitrogens with zero attached hydrogens (tertiary/aromatic N) is 1. The minimum absolute atomic E-state index is 0.149. The molecule has 2 unspecified atom stereocenters. The predicted molar refractivity (Wildman–Crippen MR) is 389 cm³/mol. The van der Waals surface area contributed by atoms with Crippen LogP contribution in [-0.4, -0.2) is 82.3 Å². The van der Waals surface area contributed by atoms with E-state index < -0.39 is 24.3 Å². The first kappa shape index (κ1) is 87.7. The lowest BCUT2D eigenvalue weighted by Crippen LogP contribution is -2.44. The zero-order valence-electron chi connectivity index (χ0n) is 60.7. The molecule has 0 amide bonds. The number of ether oxygens (including phenoxy) is 4. The number of hydrogen-bond donors (Lipinski definition) is 0. The third-order valence-corrected chi connectivity index (χ3v) is 17.4. The first-order valence-corrected chi connectivity index (χ1v) is 39.1. The molecule has 0 aromatic rings. The van der Waals surface area contributed by atoms with Gasteiger partial charge in [-0.15, -0.1) is 0 Å². The first-order chi connectivity index (χ1) is 44.6. The van der Waals surface area contributed by atoms with Gasteiger partial charge < -0.3 is 33.3 Å².